The molecule has 3 rings (SSSR count). The van der Waals surface area contributed by atoms with Crippen molar-refractivity contribution >= 4 is 17.2 Å². The van der Waals surface area contributed by atoms with Gasteiger partial charge in [-0.05, 0) is 68.1 Å². The van der Waals surface area contributed by atoms with Crippen LogP contribution >= 0.6 is 17.2 Å². The fourth-order valence-corrected chi connectivity index (χ4v) is 13.4. The zero-order valence-electron chi connectivity index (χ0n) is 29.2. The second-order valence-electron chi connectivity index (χ2n) is 14.8. The second-order valence-corrected chi connectivity index (χ2v) is 18.5. The Labute approximate surface area is 271 Å². The summed E-state index contributed by atoms with van der Waals surface area (Å²) in [6.45, 7) is 2.27. The fraction of sp³-hybridized carbons (Fsp3) is 1.00. The number of hydrogen-bond acceptors (Lipinski definition) is 0. The van der Waals surface area contributed by atoms with Gasteiger partial charge in [-0.15, -0.1) is 9.24 Å². The lowest BCUT2D eigenvalue weighted by atomic mass is 10.00. The third kappa shape index (κ3) is 20.1. The number of unbranched alkanes of at least 4 members (excludes halogenated alkanes) is 7. The smallest absolute Gasteiger partial charge is 0.0204 e. The highest BCUT2D eigenvalue weighted by atomic mass is 31.1. The van der Waals surface area contributed by atoms with Gasteiger partial charge in [0.25, 0.3) is 0 Å². The maximum absolute atomic E-state index is 2.79. The van der Waals surface area contributed by atoms with Crippen LogP contribution < -0.4 is 0 Å². The normalized spacial score (nSPS) is 22.6. The van der Waals surface area contributed by atoms with Gasteiger partial charge in [-0.3, -0.25) is 0 Å². The van der Waals surface area contributed by atoms with Crippen LogP contribution in [0.2, 0.25) is 0 Å². The van der Waals surface area contributed by atoms with Crippen molar-refractivity contribution in [1.29, 1.82) is 0 Å². The van der Waals surface area contributed by atoms with Crippen LogP contribution in [0.25, 0.3) is 0 Å². The van der Waals surface area contributed by atoms with Gasteiger partial charge in [0.2, 0.25) is 0 Å². The van der Waals surface area contributed by atoms with Gasteiger partial charge in [0.15, 0.2) is 0 Å². The second kappa shape index (κ2) is 29.3. The van der Waals surface area contributed by atoms with Gasteiger partial charge in [0.05, 0.1) is 0 Å². The van der Waals surface area contributed by atoms with Crippen molar-refractivity contribution in [3.05, 3.63) is 0 Å². The Morgan fingerprint density at radius 1 is 0.357 bits per heavy atom. The molecule has 0 saturated heterocycles. The summed E-state index contributed by atoms with van der Waals surface area (Å²) in [7, 11) is 3.03. The average molecular weight is 623 g/mol. The SMILES string of the molecule is C1CCCCC(P(C2CCCCCCCCC2)C2CCCCCCCCC2)CCCC1.CCCCCCCCCCP. The van der Waals surface area contributed by atoms with E-state index in [9.17, 15) is 0 Å². The molecule has 0 radical (unpaired) electrons. The van der Waals surface area contributed by atoms with E-state index < -0.39 is 0 Å². The summed E-state index contributed by atoms with van der Waals surface area (Å²) < 4.78 is 0. The minimum Gasteiger partial charge on any atom is -0.138 e. The minimum atomic E-state index is 0.237. The van der Waals surface area contributed by atoms with E-state index >= 15 is 0 Å². The monoisotopic (exact) mass is 623 g/mol. The van der Waals surface area contributed by atoms with Crippen LogP contribution in [0.15, 0.2) is 0 Å². The van der Waals surface area contributed by atoms with Crippen molar-refractivity contribution in [3.63, 3.8) is 0 Å². The summed E-state index contributed by atoms with van der Waals surface area (Å²) >= 11 is 0. The Morgan fingerprint density at radius 2 is 0.595 bits per heavy atom. The number of rotatable bonds is 11. The lowest BCUT2D eigenvalue weighted by Gasteiger charge is -2.42. The van der Waals surface area contributed by atoms with E-state index in [1.165, 1.54) is 154 Å². The lowest BCUT2D eigenvalue weighted by molar-refractivity contribution is 0.475. The van der Waals surface area contributed by atoms with Gasteiger partial charge >= 0.3 is 0 Å². The van der Waals surface area contributed by atoms with Crippen LogP contribution in [0.4, 0.5) is 0 Å². The van der Waals surface area contributed by atoms with Crippen molar-refractivity contribution in [2.24, 2.45) is 0 Å². The molecule has 0 N–H and O–H groups in total. The van der Waals surface area contributed by atoms with Crippen LogP contribution in [0.3, 0.4) is 0 Å². The Balaban J connectivity index is 0.000000476. The molecule has 0 aromatic rings. The van der Waals surface area contributed by atoms with Crippen LogP contribution in [0.1, 0.15) is 232 Å². The first kappa shape index (κ1) is 39.0. The quantitative estimate of drug-likeness (QED) is 0.159. The summed E-state index contributed by atoms with van der Waals surface area (Å²) in [5, 5.41) is 0. The standard InChI is InChI=1S/C30H57P.C10H23P/c1-4-10-16-22-28(23-17-11-5-1)31(29-24-18-12-6-2-7-13-19-25-29)30-26-20-14-8-3-9-15-21-27-30;1-2-3-4-5-6-7-8-9-10-11/h28-30H,1-27H2;2-11H2,1H3. The first-order chi connectivity index (χ1) is 20.9. The molecule has 42 heavy (non-hydrogen) atoms. The van der Waals surface area contributed by atoms with E-state index in [4.69, 9.17) is 0 Å². The summed E-state index contributed by atoms with van der Waals surface area (Å²) in [6.07, 6.45) is 54.7. The highest BCUT2D eigenvalue weighted by Gasteiger charge is 2.34. The van der Waals surface area contributed by atoms with Crippen LogP contribution in [-0.4, -0.2) is 23.1 Å². The molecular weight excluding hydrogens is 542 g/mol. The number of hydrogen-bond donors (Lipinski definition) is 0. The predicted molar refractivity (Wildman–Crippen MR) is 200 cm³/mol. The van der Waals surface area contributed by atoms with E-state index in [0.29, 0.717) is 0 Å². The molecule has 2 heteroatoms. The van der Waals surface area contributed by atoms with Crippen molar-refractivity contribution in [1.82, 2.24) is 0 Å². The van der Waals surface area contributed by atoms with Gasteiger partial charge in [-0.1, -0.05) is 195 Å². The van der Waals surface area contributed by atoms with Crippen LogP contribution in [0.5, 0.6) is 0 Å². The molecule has 0 heterocycles. The third-order valence-electron chi connectivity index (χ3n) is 11.0. The molecule has 0 aromatic heterocycles. The van der Waals surface area contributed by atoms with Crippen molar-refractivity contribution in [2.75, 3.05) is 6.16 Å². The Hall–Kier alpha value is 0.860. The molecule has 1 atom stereocenters. The fourth-order valence-electron chi connectivity index (χ4n) is 8.43. The van der Waals surface area contributed by atoms with Crippen molar-refractivity contribution < 1.29 is 0 Å². The molecule has 0 amide bonds. The third-order valence-corrected chi connectivity index (χ3v) is 15.5. The maximum Gasteiger partial charge on any atom is -0.0204 e. The Kier molecular flexibility index (Phi) is 27.2. The molecule has 0 bridgehead atoms. The molecule has 3 fully saturated rings. The Morgan fingerprint density at radius 3 is 0.857 bits per heavy atom. The van der Waals surface area contributed by atoms with Gasteiger partial charge < -0.3 is 0 Å². The van der Waals surface area contributed by atoms with Gasteiger partial charge in [-0.2, -0.15) is 0 Å². The largest absolute Gasteiger partial charge is 0.138 e. The molecule has 250 valence electrons. The molecule has 0 aromatic carbocycles. The van der Waals surface area contributed by atoms with Crippen molar-refractivity contribution in [2.45, 2.75) is 249 Å². The van der Waals surface area contributed by atoms with Crippen molar-refractivity contribution in [3.8, 4) is 0 Å². The summed E-state index contributed by atoms with van der Waals surface area (Å²) in [6, 6.07) is 0. The molecule has 1 unspecified atom stereocenters. The highest BCUT2D eigenvalue weighted by molar-refractivity contribution is 7.59. The van der Waals surface area contributed by atoms with E-state index in [2.05, 4.69) is 16.2 Å². The zero-order valence-corrected chi connectivity index (χ0v) is 31.3. The summed E-state index contributed by atoms with van der Waals surface area (Å²) in [5.74, 6) is 0. The summed E-state index contributed by atoms with van der Waals surface area (Å²) in [4.78, 5) is 0. The summed E-state index contributed by atoms with van der Waals surface area (Å²) in [5.41, 5.74) is 3.40. The molecule has 0 spiro atoms. The van der Waals surface area contributed by atoms with Gasteiger partial charge in [-0.25, -0.2) is 0 Å². The first-order valence-corrected chi connectivity index (χ1v) is 22.7. The predicted octanol–water partition coefficient (Wildman–Crippen LogP) is 15.1. The lowest BCUT2D eigenvalue weighted by Crippen LogP contribution is -2.25. The van der Waals surface area contributed by atoms with Crippen LogP contribution in [-0.2, 0) is 0 Å². The average Bonchev–Trinajstić information content (AvgIpc) is 3.02. The molecular formula is C40H80P2. The van der Waals surface area contributed by atoms with E-state index in [0.717, 1.165) is 17.0 Å². The minimum absolute atomic E-state index is 0.237. The van der Waals surface area contributed by atoms with Gasteiger partial charge in [0, 0.05) is 0 Å². The van der Waals surface area contributed by atoms with E-state index in [1.807, 2.05) is 0 Å². The van der Waals surface area contributed by atoms with E-state index in [-0.39, 0.29) is 7.92 Å². The first-order valence-electron chi connectivity index (χ1n) is 20.3. The van der Waals surface area contributed by atoms with Crippen LogP contribution in [0, 0.1) is 0 Å². The molecule has 3 saturated carbocycles. The topological polar surface area (TPSA) is 0 Å². The Bertz CT molecular complexity index is 448. The van der Waals surface area contributed by atoms with Gasteiger partial charge in [0.1, 0.15) is 0 Å². The molecule has 0 aliphatic heterocycles. The molecule has 3 aliphatic carbocycles. The molecule has 3 aliphatic rings. The highest BCUT2D eigenvalue weighted by Crippen LogP contribution is 2.60. The molecule has 0 nitrogen and oxygen atoms in total. The maximum atomic E-state index is 2.79. The zero-order chi connectivity index (χ0) is 29.8. The van der Waals surface area contributed by atoms with E-state index in [1.54, 1.807) is 77.0 Å².